The van der Waals surface area contributed by atoms with Gasteiger partial charge in [0.25, 0.3) is 0 Å². The summed E-state index contributed by atoms with van der Waals surface area (Å²) < 4.78 is 13.5. The number of hydrogen-bond donors (Lipinski definition) is 1. The number of thioether (sulfide) groups is 1. The van der Waals surface area contributed by atoms with Crippen LogP contribution in [0.3, 0.4) is 0 Å². The summed E-state index contributed by atoms with van der Waals surface area (Å²) in [6.07, 6.45) is 2.78. The number of aryl methyl sites for hydroxylation is 2. The second kappa shape index (κ2) is 11.3. The molecule has 3 aromatic rings. The van der Waals surface area contributed by atoms with E-state index in [4.69, 9.17) is 9.47 Å². The highest BCUT2D eigenvalue weighted by molar-refractivity contribution is 7.98. The maximum absolute atomic E-state index is 9.67. The van der Waals surface area contributed by atoms with Gasteiger partial charge < -0.3 is 19.1 Å². The molecule has 1 heterocycles. The van der Waals surface area contributed by atoms with Crippen LogP contribution >= 0.6 is 11.8 Å². The predicted molar refractivity (Wildman–Crippen MR) is 124 cm³/mol. The van der Waals surface area contributed by atoms with Crippen LogP contribution in [0.25, 0.3) is 11.3 Å². The zero-order valence-electron chi connectivity index (χ0n) is 18.0. The van der Waals surface area contributed by atoms with Crippen LogP contribution in [0.15, 0.2) is 65.6 Å². The van der Waals surface area contributed by atoms with Crippen LogP contribution in [0.4, 0.5) is 0 Å². The van der Waals surface area contributed by atoms with Crippen molar-refractivity contribution in [3.8, 4) is 17.0 Å². The van der Waals surface area contributed by atoms with Gasteiger partial charge in [0.1, 0.15) is 12.4 Å². The van der Waals surface area contributed by atoms with Gasteiger partial charge in [-0.2, -0.15) is 0 Å². The van der Waals surface area contributed by atoms with E-state index in [1.54, 1.807) is 11.8 Å². The molecule has 0 saturated carbocycles. The van der Waals surface area contributed by atoms with E-state index in [0.717, 1.165) is 18.7 Å². The van der Waals surface area contributed by atoms with E-state index < -0.39 is 6.29 Å². The molecule has 1 N–H and O–H groups in total. The Morgan fingerprint density at radius 2 is 1.73 bits per heavy atom. The number of ether oxygens (including phenoxy) is 2. The van der Waals surface area contributed by atoms with E-state index in [1.165, 1.54) is 27.4 Å². The standard InChI is InChI=1S/C25H31NO3S/c1-4-28-25(27)16-8-20-6-11-22(12-7-20)29-18-17-26-19(2)5-15-24(26)21-9-13-23(30-3)14-10-21/h5-7,9-15,25,27H,4,8,16-18H2,1-3H3. The molecular formula is C25H31NO3S. The Morgan fingerprint density at radius 3 is 2.40 bits per heavy atom. The Kier molecular flexibility index (Phi) is 8.43. The molecule has 3 rings (SSSR count). The van der Waals surface area contributed by atoms with Gasteiger partial charge in [0.2, 0.25) is 0 Å². The summed E-state index contributed by atoms with van der Waals surface area (Å²) in [5, 5.41) is 9.67. The number of aromatic nitrogens is 1. The lowest BCUT2D eigenvalue weighted by atomic mass is 10.1. The van der Waals surface area contributed by atoms with E-state index in [-0.39, 0.29) is 0 Å². The largest absolute Gasteiger partial charge is 0.492 e. The lowest BCUT2D eigenvalue weighted by Crippen LogP contribution is -2.12. The smallest absolute Gasteiger partial charge is 0.154 e. The van der Waals surface area contributed by atoms with Crippen molar-refractivity contribution in [3.63, 3.8) is 0 Å². The van der Waals surface area contributed by atoms with Crippen LogP contribution in [0, 0.1) is 6.92 Å². The van der Waals surface area contributed by atoms with E-state index in [2.05, 4.69) is 54.1 Å². The van der Waals surface area contributed by atoms with Crippen LogP contribution in [0.5, 0.6) is 5.75 Å². The molecule has 1 atom stereocenters. The second-order valence-corrected chi connectivity index (χ2v) is 8.06. The molecule has 5 heteroatoms. The third-order valence-corrected chi connectivity index (χ3v) is 5.87. The highest BCUT2D eigenvalue weighted by atomic mass is 32.2. The summed E-state index contributed by atoms with van der Waals surface area (Å²) in [7, 11) is 0. The van der Waals surface area contributed by atoms with Gasteiger partial charge in [0.15, 0.2) is 6.29 Å². The normalized spacial score (nSPS) is 12.1. The highest BCUT2D eigenvalue weighted by Crippen LogP contribution is 2.25. The van der Waals surface area contributed by atoms with Crippen molar-refractivity contribution in [1.82, 2.24) is 4.57 Å². The first kappa shape index (κ1) is 22.5. The van der Waals surface area contributed by atoms with Gasteiger partial charge in [0.05, 0.1) is 6.54 Å². The summed E-state index contributed by atoms with van der Waals surface area (Å²) in [5.74, 6) is 0.861. The molecule has 0 amide bonds. The van der Waals surface area contributed by atoms with Gasteiger partial charge in [-0.05, 0) is 74.0 Å². The molecule has 1 aromatic heterocycles. The van der Waals surface area contributed by atoms with Crippen LogP contribution in [0.2, 0.25) is 0 Å². The van der Waals surface area contributed by atoms with E-state index in [0.29, 0.717) is 19.6 Å². The van der Waals surface area contributed by atoms with Crippen LogP contribution < -0.4 is 4.74 Å². The second-order valence-electron chi connectivity index (χ2n) is 7.18. The number of aliphatic hydroxyl groups is 1. The minimum absolute atomic E-state index is 0.527. The van der Waals surface area contributed by atoms with Crippen molar-refractivity contribution in [2.24, 2.45) is 0 Å². The Morgan fingerprint density at radius 1 is 1.00 bits per heavy atom. The van der Waals surface area contributed by atoms with Crippen molar-refractivity contribution in [2.45, 2.75) is 44.4 Å². The molecule has 0 saturated heterocycles. The molecule has 0 aliphatic carbocycles. The monoisotopic (exact) mass is 425 g/mol. The first-order valence-corrected chi connectivity index (χ1v) is 11.6. The fraction of sp³-hybridized carbons (Fsp3) is 0.360. The molecule has 0 fully saturated rings. The molecule has 0 spiro atoms. The van der Waals surface area contributed by atoms with E-state index in [9.17, 15) is 5.11 Å². The van der Waals surface area contributed by atoms with E-state index >= 15 is 0 Å². The van der Waals surface area contributed by atoms with Gasteiger partial charge in [-0.25, -0.2) is 0 Å². The Labute approximate surface area is 183 Å². The number of benzene rings is 2. The fourth-order valence-electron chi connectivity index (χ4n) is 3.45. The average molecular weight is 426 g/mol. The number of nitrogens with zero attached hydrogens (tertiary/aromatic N) is 1. The summed E-state index contributed by atoms with van der Waals surface area (Å²) in [6, 6.07) is 21.1. The number of rotatable bonds is 11. The van der Waals surface area contributed by atoms with Gasteiger partial charge in [-0.1, -0.05) is 24.3 Å². The SMILES string of the molecule is CCOC(O)CCc1ccc(OCCn2c(C)ccc2-c2ccc(SC)cc2)cc1. The van der Waals surface area contributed by atoms with Gasteiger partial charge in [-0.3, -0.25) is 0 Å². The molecular weight excluding hydrogens is 394 g/mol. The summed E-state index contributed by atoms with van der Waals surface area (Å²) in [6.45, 7) is 5.94. The minimum atomic E-state index is -0.693. The molecule has 0 radical (unpaired) electrons. The van der Waals surface area contributed by atoms with Crippen molar-refractivity contribution in [1.29, 1.82) is 0 Å². The van der Waals surface area contributed by atoms with Crippen molar-refractivity contribution >= 4 is 11.8 Å². The Bertz CT molecular complexity index is 903. The molecule has 0 bridgehead atoms. The lowest BCUT2D eigenvalue weighted by Gasteiger charge is -2.14. The molecule has 0 aliphatic heterocycles. The van der Waals surface area contributed by atoms with Crippen LogP contribution in [-0.2, 0) is 17.7 Å². The van der Waals surface area contributed by atoms with Crippen molar-refractivity contribution < 1.29 is 14.6 Å². The Hall–Kier alpha value is -2.21. The van der Waals surface area contributed by atoms with Crippen molar-refractivity contribution in [2.75, 3.05) is 19.5 Å². The first-order chi connectivity index (χ1) is 14.6. The molecule has 160 valence electrons. The van der Waals surface area contributed by atoms with Gasteiger partial charge >= 0.3 is 0 Å². The molecule has 1 unspecified atom stereocenters. The maximum atomic E-state index is 9.67. The van der Waals surface area contributed by atoms with Crippen molar-refractivity contribution in [3.05, 3.63) is 71.9 Å². The molecule has 0 aliphatic rings. The molecule has 30 heavy (non-hydrogen) atoms. The van der Waals surface area contributed by atoms with Crippen LogP contribution in [-0.4, -0.2) is 35.4 Å². The lowest BCUT2D eigenvalue weighted by molar-refractivity contribution is -0.0980. The Balaban J connectivity index is 1.54. The van der Waals surface area contributed by atoms with Crippen LogP contribution in [0.1, 0.15) is 24.6 Å². The third kappa shape index (κ3) is 6.14. The topological polar surface area (TPSA) is 43.6 Å². The molecule has 2 aromatic carbocycles. The minimum Gasteiger partial charge on any atom is -0.492 e. The fourth-order valence-corrected chi connectivity index (χ4v) is 3.86. The maximum Gasteiger partial charge on any atom is 0.154 e. The zero-order valence-corrected chi connectivity index (χ0v) is 18.8. The van der Waals surface area contributed by atoms with Gasteiger partial charge in [0, 0.05) is 29.3 Å². The summed E-state index contributed by atoms with van der Waals surface area (Å²) >= 11 is 1.76. The summed E-state index contributed by atoms with van der Waals surface area (Å²) in [4.78, 5) is 1.27. The molecule has 4 nitrogen and oxygen atoms in total. The van der Waals surface area contributed by atoms with E-state index in [1.807, 2.05) is 31.2 Å². The predicted octanol–water partition coefficient (Wildman–Crippen LogP) is 5.55. The zero-order chi connectivity index (χ0) is 21.3. The third-order valence-electron chi connectivity index (χ3n) is 5.13. The number of hydrogen-bond acceptors (Lipinski definition) is 4. The first-order valence-electron chi connectivity index (χ1n) is 10.4. The number of aliphatic hydroxyl groups excluding tert-OH is 1. The summed E-state index contributed by atoms with van der Waals surface area (Å²) in [5.41, 5.74) is 4.83. The highest BCUT2D eigenvalue weighted by Gasteiger charge is 2.08. The van der Waals surface area contributed by atoms with Gasteiger partial charge in [-0.15, -0.1) is 11.8 Å². The average Bonchev–Trinajstić information content (AvgIpc) is 3.14. The quantitative estimate of drug-likeness (QED) is 0.323.